The van der Waals surface area contributed by atoms with Crippen molar-refractivity contribution in [3.63, 3.8) is 0 Å². The van der Waals surface area contributed by atoms with Gasteiger partial charge in [-0.1, -0.05) is 74.4 Å². The molecule has 45 heavy (non-hydrogen) atoms. The van der Waals surface area contributed by atoms with Crippen molar-refractivity contribution in [3.8, 4) is 22.3 Å². The molecular formula is C42H43NO2. The molecule has 0 unspecified atom stereocenters. The molecule has 0 aromatic heterocycles. The molecule has 2 aliphatic rings. The van der Waals surface area contributed by atoms with Gasteiger partial charge in [0.2, 0.25) is 0 Å². The van der Waals surface area contributed by atoms with Crippen molar-refractivity contribution in [2.45, 2.75) is 78.6 Å². The lowest BCUT2D eigenvalue weighted by atomic mass is 9.73. The summed E-state index contributed by atoms with van der Waals surface area (Å²) in [7, 11) is 4.10. The molecule has 0 amide bonds. The Morgan fingerprint density at radius 1 is 0.444 bits per heavy atom. The quantitative estimate of drug-likeness (QED) is 0.148. The summed E-state index contributed by atoms with van der Waals surface area (Å²) in [6.07, 6.45) is 0. The first-order chi connectivity index (χ1) is 20.9. The molecule has 0 heterocycles. The van der Waals surface area contributed by atoms with Crippen LogP contribution in [0.3, 0.4) is 0 Å². The van der Waals surface area contributed by atoms with Gasteiger partial charge in [-0.05, 0) is 103 Å². The van der Waals surface area contributed by atoms with Crippen LogP contribution in [0.1, 0.15) is 79.0 Å². The molecule has 5 aromatic carbocycles. The van der Waals surface area contributed by atoms with E-state index < -0.39 is 0 Å². The molecule has 3 nitrogen and oxygen atoms in total. The molecule has 7 rings (SSSR count). The lowest BCUT2D eigenvalue weighted by molar-refractivity contribution is 0.591. The standard InChI is InChI=1S/C42H43NO2/c1-40(2,3)23-16-27-33(22-12-14-26(15-13-22)43(10)11)28-17-24(41(4,5)6)19-30-35(28)37-34(27)29(18-23)38(44)31-20-25(42(7,8)9)21-32(36(31)37)39(30)45/h12-21H,1-11H3. The zero-order chi connectivity index (χ0) is 32.5. The van der Waals surface area contributed by atoms with Gasteiger partial charge in [0.05, 0.1) is 0 Å². The topological polar surface area (TPSA) is 37.4 Å². The zero-order valence-electron chi connectivity index (χ0n) is 28.5. The Labute approximate surface area is 265 Å². The van der Waals surface area contributed by atoms with Gasteiger partial charge in [-0.15, -0.1) is 0 Å². The first-order valence-electron chi connectivity index (χ1n) is 16.1. The van der Waals surface area contributed by atoms with E-state index >= 15 is 0 Å². The molecule has 0 saturated heterocycles. The first-order valence-corrected chi connectivity index (χ1v) is 16.1. The molecule has 0 spiro atoms. The Balaban J connectivity index is 1.85. The average molecular weight is 594 g/mol. The summed E-state index contributed by atoms with van der Waals surface area (Å²) in [6, 6.07) is 21.7. The number of anilines is 1. The van der Waals surface area contributed by atoms with Crippen LogP contribution in [0.2, 0.25) is 0 Å². The molecule has 0 saturated carbocycles. The summed E-state index contributed by atoms with van der Waals surface area (Å²) in [6.45, 7) is 19.7. The monoisotopic (exact) mass is 593 g/mol. The Bertz CT molecular complexity index is 2230. The molecule has 2 aliphatic carbocycles. The predicted molar refractivity (Wildman–Crippen MR) is 195 cm³/mol. The second-order valence-electron chi connectivity index (χ2n) is 16.4. The summed E-state index contributed by atoms with van der Waals surface area (Å²) in [5.74, 6) is 0. The second-order valence-corrected chi connectivity index (χ2v) is 16.4. The molecule has 0 fully saturated rings. The highest BCUT2D eigenvalue weighted by atomic mass is 16.1. The summed E-state index contributed by atoms with van der Waals surface area (Å²) >= 11 is 0. The smallest absolute Gasteiger partial charge is 0.194 e. The Hall–Kier alpha value is -4.24. The molecule has 228 valence electrons. The van der Waals surface area contributed by atoms with Gasteiger partial charge in [0.1, 0.15) is 0 Å². The van der Waals surface area contributed by atoms with E-state index in [0.717, 1.165) is 76.9 Å². The summed E-state index contributed by atoms with van der Waals surface area (Å²) in [5.41, 5.74) is 7.88. The van der Waals surface area contributed by atoms with Gasteiger partial charge in [0.25, 0.3) is 0 Å². The van der Waals surface area contributed by atoms with Crippen LogP contribution < -0.4 is 15.8 Å². The van der Waals surface area contributed by atoms with Gasteiger partial charge in [0.15, 0.2) is 10.9 Å². The third-order valence-corrected chi connectivity index (χ3v) is 9.95. The molecule has 0 aliphatic heterocycles. The molecule has 3 heteroatoms. The number of benzene rings is 7. The van der Waals surface area contributed by atoms with Crippen LogP contribution >= 0.6 is 0 Å². The summed E-state index contributed by atoms with van der Waals surface area (Å²) < 4.78 is 0. The van der Waals surface area contributed by atoms with E-state index in [0.29, 0.717) is 10.8 Å². The number of hydrogen-bond acceptors (Lipinski definition) is 3. The van der Waals surface area contributed by atoms with Crippen molar-refractivity contribution < 1.29 is 0 Å². The van der Waals surface area contributed by atoms with Crippen molar-refractivity contribution in [2.24, 2.45) is 0 Å². The maximum Gasteiger partial charge on any atom is 0.194 e. The molecule has 0 N–H and O–H groups in total. The van der Waals surface area contributed by atoms with E-state index in [1.54, 1.807) is 0 Å². The van der Waals surface area contributed by atoms with Crippen LogP contribution in [-0.4, -0.2) is 14.1 Å². The van der Waals surface area contributed by atoms with Gasteiger partial charge in [0, 0.05) is 63.2 Å². The van der Waals surface area contributed by atoms with Crippen LogP contribution in [0, 0.1) is 0 Å². The molecule has 0 atom stereocenters. The van der Waals surface area contributed by atoms with E-state index in [1.807, 2.05) is 14.1 Å². The Morgan fingerprint density at radius 2 is 0.800 bits per heavy atom. The second kappa shape index (κ2) is 9.16. The van der Waals surface area contributed by atoms with E-state index in [4.69, 9.17) is 0 Å². The van der Waals surface area contributed by atoms with Crippen molar-refractivity contribution in [3.05, 3.63) is 97.8 Å². The lowest BCUT2D eigenvalue weighted by Crippen LogP contribution is -2.19. The van der Waals surface area contributed by atoms with Crippen molar-refractivity contribution in [1.29, 1.82) is 0 Å². The number of rotatable bonds is 2. The zero-order valence-corrected chi connectivity index (χ0v) is 28.5. The fraction of sp³-hybridized carbons (Fsp3) is 0.333. The Morgan fingerprint density at radius 3 is 1.16 bits per heavy atom. The molecular weight excluding hydrogens is 550 g/mol. The van der Waals surface area contributed by atoms with Crippen LogP contribution in [0.25, 0.3) is 65.3 Å². The van der Waals surface area contributed by atoms with Gasteiger partial charge < -0.3 is 4.90 Å². The van der Waals surface area contributed by atoms with Gasteiger partial charge in [-0.2, -0.15) is 0 Å². The van der Waals surface area contributed by atoms with E-state index in [9.17, 15) is 9.59 Å². The lowest BCUT2D eigenvalue weighted by Gasteiger charge is -2.29. The number of nitrogens with zero attached hydrogens (tertiary/aromatic N) is 1. The van der Waals surface area contributed by atoms with E-state index in [2.05, 4.69) is 128 Å². The normalized spacial score (nSPS) is 13.4. The minimum Gasteiger partial charge on any atom is -0.378 e. The molecule has 0 radical (unpaired) electrons. The van der Waals surface area contributed by atoms with Crippen molar-refractivity contribution in [1.82, 2.24) is 0 Å². The minimum atomic E-state index is -0.222. The molecule has 0 bridgehead atoms. The van der Waals surface area contributed by atoms with Gasteiger partial charge in [-0.3, -0.25) is 9.59 Å². The minimum absolute atomic E-state index is 0.0109. The maximum absolute atomic E-state index is 14.7. The average Bonchev–Trinajstić information content (AvgIpc) is 2.95. The molecule has 5 aromatic rings. The number of hydrogen-bond donors (Lipinski definition) is 0. The van der Waals surface area contributed by atoms with Crippen LogP contribution in [-0.2, 0) is 16.2 Å². The SMILES string of the molecule is CN(C)c1ccc(-c2c3cc(C(C)(C)C)cc4c(=O)c5cc(C(C)(C)C)cc6c5-c(c34)c3c2cc(C(C)(C)C)cc3c6=O)cc1. The third kappa shape index (κ3) is 4.23. The van der Waals surface area contributed by atoms with Crippen molar-refractivity contribution >= 4 is 48.8 Å². The highest BCUT2D eigenvalue weighted by Crippen LogP contribution is 2.52. The largest absolute Gasteiger partial charge is 0.378 e. The maximum atomic E-state index is 14.7. The Kier molecular flexibility index (Phi) is 6.00. The fourth-order valence-electron chi connectivity index (χ4n) is 7.19. The first kappa shape index (κ1) is 29.5. The third-order valence-electron chi connectivity index (χ3n) is 9.95. The van der Waals surface area contributed by atoms with Crippen molar-refractivity contribution in [2.75, 3.05) is 19.0 Å². The van der Waals surface area contributed by atoms with Crippen LogP contribution in [0.15, 0.2) is 70.3 Å². The summed E-state index contributed by atoms with van der Waals surface area (Å²) in [5, 5.41) is 6.89. The predicted octanol–water partition coefficient (Wildman–Crippen LogP) is 10.1. The van der Waals surface area contributed by atoms with E-state index in [1.165, 1.54) is 0 Å². The van der Waals surface area contributed by atoms with Crippen LogP contribution in [0.4, 0.5) is 5.69 Å². The summed E-state index contributed by atoms with van der Waals surface area (Å²) in [4.78, 5) is 31.5. The van der Waals surface area contributed by atoms with Gasteiger partial charge in [-0.25, -0.2) is 0 Å². The van der Waals surface area contributed by atoms with Crippen LogP contribution in [0.5, 0.6) is 0 Å². The highest BCUT2D eigenvalue weighted by molar-refractivity contribution is 6.34. The van der Waals surface area contributed by atoms with E-state index in [-0.39, 0.29) is 27.1 Å². The fourth-order valence-corrected chi connectivity index (χ4v) is 7.19. The van der Waals surface area contributed by atoms with Gasteiger partial charge >= 0.3 is 0 Å². The highest BCUT2D eigenvalue weighted by Gasteiger charge is 2.32.